The Bertz CT molecular complexity index is 275. The molecule has 0 aromatic carbocycles. The van der Waals surface area contributed by atoms with Crippen LogP contribution < -0.4 is 11.1 Å². The van der Waals surface area contributed by atoms with Crippen molar-refractivity contribution in [1.82, 2.24) is 5.32 Å². The van der Waals surface area contributed by atoms with E-state index in [1.165, 1.54) is 0 Å². The lowest BCUT2D eigenvalue weighted by molar-refractivity contribution is -0.125. The minimum absolute atomic E-state index is 0.00791. The SMILES string of the molecule is CCC(NC(=O)CC1CCCCO1)C(N)=NO. The Morgan fingerprint density at radius 1 is 1.65 bits per heavy atom. The monoisotopic (exact) mass is 243 g/mol. The van der Waals surface area contributed by atoms with Crippen LogP contribution in [0.4, 0.5) is 0 Å². The molecular weight excluding hydrogens is 222 g/mol. The predicted molar refractivity (Wildman–Crippen MR) is 63.8 cm³/mol. The van der Waals surface area contributed by atoms with E-state index in [9.17, 15) is 4.79 Å². The topological polar surface area (TPSA) is 96.9 Å². The van der Waals surface area contributed by atoms with E-state index in [-0.39, 0.29) is 17.8 Å². The summed E-state index contributed by atoms with van der Waals surface area (Å²) in [6, 6.07) is -0.406. The second kappa shape index (κ2) is 7.11. The van der Waals surface area contributed by atoms with Gasteiger partial charge in [-0.2, -0.15) is 0 Å². The van der Waals surface area contributed by atoms with Crippen molar-refractivity contribution in [3.05, 3.63) is 0 Å². The van der Waals surface area contributed by atoms with Crippen LogP contribution in [0.3, 0.4) is 0 Å². The number of carbonyl (C=O) groups excluding carboxylic acids is 1. The Hall–Kier alpha value is -1.30. The molecule has 1 heterocycles. The van der Waals surface area contributed by atoms with Crippen LogP contribution in [0.1, 0.15) is 39.0 Å². The molecule has 0 aromatic rings. The van der Waals surface area contributed by atoms with E-state index in [1.807, 2.05) is 6.92 Å². The van der Waals surface area contributed by atoms with E-state index < -0.39 is 6.04 Å². The maximum Gasteiger partial charge on any atom is 0.223 e. The van der Waals surface area contributed by atoms with Crippen molar-refractivity contribution in [3.8, 4) is 0 Å². The summed E-state index contributed by atoms with van der Waals surface area (Å²) in [6.07, 6.45) is 4.04. The van der Waals surface area contributed by atoms with Gasteiger partial charge in [0, 0.05) is 6.61 Å². The Morgan fingerprint density at radius 3 is 2.94 bits per heavy atom. The number of hydrogen-bond donors (Lipinski definition) is 3. The zero-order chi connectivity index (χ0) is 12.7. The molecule has 0 saturated carbocycles. The predicted octanol–water partition coefficient (Wildman–Crippen LogP) is 0.587. The average molecular weight is 243 g/mol. The van der Waals surface area contributed by atoms with Crippen molar-refractivity contribution in [2.45, 2.75) is 51.2 Å². The lowest BCUT2D eigenvalue weighted by Gasteiger charge is -2.23. The van der Waals surface area contributed by atoms with Gasteiger partial charge in [-0.05, 0) is 25.7 Å². The van der Waals surface area contributed by atoms with Crippen LogP contribution in [0.15, 0.2) is 5.16 Å². The molecule has 0 spiro atoms. The number of amidine groups is 1. The highest BCUT2D eigenvalue weighted by atomic mass is 16.5. The quantitative estimate of drug-likeness (QED) is 0.285. The van der Waals surface area contributed by atoms with Crippen LogP contribution in [0.5, 0.6) is 0 Å². The molecule has 6 nitrogen and oxygen atoms in total. The van der Waals surface area contributed by atoms with Crippen molar-refractivity contribution < 1.29 is 14.7 Å². The largest absolute Gasteiger partial charge is 0.409 e. The van der Waals surface area contributed by atoms with Crippen molar-refractivity contribution in [2.75, 3.05) is 6.61 Å². The summed E-state index contributed by atoms with van der Waals surface area (Å²) >= 11 is 0. The minimum atomic E-state index is -0.406. The third-order valence-corrected chi connectivity index (χ3v) is 2.90. The standard InChI is InChI=1S/C11H21N3O3/c1-2-9(11(12)14-16)13-10(15)7-8-5-3-4-6-17-8/h8-9,16H,2-7H2,1H3,(H2,12,14)(H,13,15). The molecule has 98 valence electrons. The number of ether oxygens (including phenoxy) is 1. The van der Waals surface area contributed by atoms with Crippen LogP contribution in [-0.4, -0.2) is 35.7 Å². The van der Waals surface area contributed by atoms with Gasteiger partial charge in [-0.15, -0.1) is 0 Å². The smallest absolute Gasteiger partial charge is 0.223 e. The molecule has 1 saturated heterocycles. The van der Waals surface area contributed by atoms with Crippen LogP contribution in [-0.2, 0) is 9.53 Å². The first-order valence-electron chi connectivity index (χ1n) is 6.05. The Labute approximate surface area is 101 Å². The fraction of sp³-hybridized carbons (Fsp3) is 0.818. The maximum absolute atomic E-state index is 11.7. The van der Waals surface area contributed by atoms with E-state index in [2.05, 4.69) is 10.5 Å². The van der Waals surface area contributed by atoms with E-state index in [0.29, 0.717) is 12.8 Å². The number of carbonyl (C=O) groups is 1. The van der Waals surface area contributed by atoms with Gasteiger partial charge in [-0.1, -0.05) is 12.1 Å². The summed E-state index contributed by atoms with van der Waals surface area (Å²) in [5, 5.41) is 14.2. The summed E-state index contributed by atoms with van der Waals surface area (Å²) in [5.41, 5.74) is 5.46. The molecule has 1 aliphatic rings. The first-order valence-corrected chi connectivity index (χ1v) is 6.05. The molecule has 2 atom stereocenters. The Balaban J connectivity index is 2.36. The Kier molecular flexibility index (Phi) is 5.76. The third kappa shape index (κ3) is 4.60. The lowest BCUT2D eigenvalue weighted by atomic mass is 10.1. The summed E-state index contributed by atoms with van der Waals surface area (Å²) < 4.78 is 5.48. The first kappa shape index (κ1) is 13.8. The number of oxime groups is 1. The van der Waals surface area contributed by atoms with Gasteiger partial charge in [0.2, 0.25) is 5.91 Å². The normalized spacial score (nSPS) is 23.1. The average Bonchev–Trinajstić information content (AvgIpc) is 2.36. The molecule has 1 rings (SSSR count). The molecule has 0 aromatic heterocycles. The number of nitrogens with zero attached hydrogens (tertiary/aromatic N) is 1. The maximum atomic E-state index is 11.7. The van der Waals surface area contributed by atoms with Gasteiger partial charge in [0.15, 0.2) is 5.84 Å². The summed E-state index contributed by atoms with van der Waals surface area (Å²) in [5.74, 6) is -0.0826. The van der Waals surface area contributed by atoms with E-state index in [4.69, 9.17) is 15.7 Å². The second-order valence-electron chi connectivity index (χ2n) is 4.25. The number of hydrogen-bond acceptors (Lipinski definition) is 4. The molecule has 1 aliphatic heterocycles. The van der Waals surface area contributed by atoms with E-state index in [0.717, 1.165) is 25.9 Å². The van der Waals surface area contributed by atoms with E-state index in [1.54, 1.807) is 0 Å². The highest BCUT2D eigenvalue weighted by Gasteiger charge is 2.20. The molecule has 0 aliphatic carbocycles. The summed E-state index contributed by atoms with van der Waals surface area (Å²) in [4.78, 5) is 11.7. The van der Waals surface area contributed by atoms with Crippen LogP contribution >= 0.6 is 0 Å². The van der Waals surface area contributed by atoms with Gasteiger partial charge in [0.1, 0.15) is 0 Å². The molecule has 6 heteroatoms. The number of nitrogens with one attached hydrogen (secondary N) is 1. The molecule has 4 N–H and O–H groups in total. The van der Waals surface area contributed by atoms with Gasteiger partial charge in [0.05, 0.1) is 18.6 Å². The molecule has 1 amide bonds. The number of rotatable bonds is 5. The van der Waals surface area contributed by atoms with Crippen LogP contribution in [0.25, 0.3) is 0 Å². The lowest BCUT2D eigenvalue weighted by Crippen LogP contribution is -2.45. The van der Waals surface area contributed by atoms with Crippen molar-refractivity contribution >= 4 is 11.7 Å². The summed E-state index contributed by atoms with van der Waals surface area (Å²) in [7, 11) is 0. The van der Waals surface area contributed by atoms with E-state index >= 15 is 0 Å². The van der Waals surface area contributed by atoms with Gasteiger partial charge in [-0.25, -0.2) is 0 Å². The van der Waals surface area contributed by atoms with Crippen LogP contribution in [0.2, 0.25) is 0 Å². The molecule has 1 fully saturated rings. The molecule has 0 radical (unpaired) electrons. The molecule has 17 heavy (non-hydrogen) atoms. The molecule has 2 unspecified atom stereocenters. The zero-order valence-electron chi connectivity index (χ0n) is 10.2. The summed E-state index contributed by atoms with van der Waals surface area (Å²) in [6.45, 7) is 2.59. The van der Waals surface area contributed by atoms with Crippen molar-refractivity contribution in [1.29, 1.82) is 0 Å². The fourth-order valence-corrected chi connectivity index (χ4v) is 1.88. The van der Waals surface area contributed by atoms with Gasteiger partial charge >= 0.3 is 0 Å². The number of amides is 1. The highest BCUT2D eigenvalue weighted by Crippen LogP contribution is 2.15. The highest BCUT2D eigenvalue weighted by molar-refractivity contribution is 5.89. The van der Waals surface area contributed by atoms with Crippen LogP contribution in [0, 0.1) is 0 Å². The fourth-order valence-electron chi connectivity index (χ4n) is 1.88. The minimum Gasteiger partial charge on any atom is -0.409 e. The van der Waals surface area contributed by atoms with Crippen molar-refractivity contribution in [3.63, 3.8) is 0 Å². The zero-order valence-corrected chi connectivity index (χ0v) is 10.2. The van der Waals surface area contributed by atoms with Crippen molar-refractivity contribution in [2.24, 2.45) is 10.9 Å². The van der Waals surface area contributed by atoms with Gasteiger partial charge in [-0.3, -0.25) is 4.79 Å². The Morgan fingerprint density at radius 2 is 2.41 bits per heavy atom. The van der Waals surface area contributed by atoms with Gasteiger partial charge < -0.3 is 21.0 Å². The third-order valence-electron chi connectivity index (χ3n) is 2.90. The molecule has 0 bridgehead atoms. The van der Waals surface area contributed by atoms with Gasteiger partial charge in [0.25, 0.3) is 0 Å². The second-order valence-corrected chi connectivity index (χ2v) is 4.25. The number of nitrogens with two attached hydrogens (primary N) is 1. The molecular formula is C11H21N3O3. The first-order chi connectivity index (χ1) is 8.17.